The minimum atomic E-state index is -0.191. The minimum absolute atomic E-state index is 0.191. The number of piperidine rings is 1. The summed E-state index contributed by atoms with van der Waals surface area (Å²) < 4.78 is 2.00. The first-order chi connectivity index (χ1) is 14.7. The molecule has 0 radical (unpaired) electrons. The van der Waals surface area contributed by atoms with Crippen LogP contribution >= 0.6 is 11.8 Å². The molecule has 1 fully saturated rings. The lowest BCUT2D eigenvalue weighted by Gasteiger charge is -2.33. The van der Waals surface area contributed by atoms with Gasteiger partial charge in [0, 0.05) is 13.1 Å². The number of hydrogen-bond acceptors (Lipinski definition) is 4. The highest BCUT2D eigenvalue weighted by Gasteiger charge is 2.28. The average Bonchev–Trinajstić information content (AvgIpc) is 3.34. The van der Waals surface area contributed by atoms with E-state index in [0.717, 1.165) is 48.5 Å². The van der Waals surface area contributed by atoms with Gasteiger partial charge in [0.15, 0.2) is 5.16 Å². The van der Waals surface area contributed by atoms with E-state index in [9.17, 15) is 4.79 Å². The molecule has 0 unspecified atom stereocenters. The second kappa shape index (κ2) is 8.14. The first kappa shape index (κ1) is 19.2. The predicted molar refractivity (Wildman–Crippen MR) is 120 cm³/mol. The smallest absolute Gasteiger partial charge is 0.235 e. The molecule has 1 aliphatic rings. The van der Waals surface area contributed by atoms with Crippen LogP contribution < -0.4 is 0 Å². The van der Waals surface area contributed by atoms with Gasteiger partial charge in [0.25, 0.3) is 0 Å². The number of benzene rings is 2. The lowest BCUT2D eigenvalue weighted by atomic mass is 9.90. The van der Waals surface area contributed by atoms with E-state index in [2.05, 4.69) is 45.5 Å². The van der Waals surface area contributed by atoms with Crippen LogP contribution in [0.3, 0.4) is 0 Å². The van der Waals surface area contributed by atoms with Crippen LogP contribution in [0.1, 0.15) is 25.3 Å². The number of nitrogens with one attached hydrogen (secondary N) is 1. The molecular weight excluding hydrogens is 394 g/mol. The fourth-order valence-electron chi connectivity index (χ4n) is 4.29. The van der Waals surface area contributed by atoms with Gasteiger partial charge in [0.1, 0.15) is 0 Å². The number of nitrogens with zero attached hydrogens (tertiary/aromatic N) is 4. The Morgan fingerprint density at radius 2 is 1.87 bits per heavy atom. The van der Waals surface area contributed by atoms with Crippen molar-refractivity contribution < 1.29 is 4.79 Å². The van der Waals surface area contributed by atoms with Crippen molar-refractivity contribution in [3.05, 3.63) is 60.2 Å². The van der Waals surface area contributed by atoms with Gasteiger partial charge in [-0.15, -0.1) is 5.10 Å². The first-order valence-corrected chi connectivity index (χ1v) is 11.4. The Hall–Kier alpha value is -2.80. The van der Waals surface area contributed by atoms with Gasteiger partial charge in [0.05, 0.1) is 16.3 Å². The zero-order valence-corrected chi connectivity index (χ0v) is 17.8. The lowest BCUT2D eigenvalue weighted by molar-refractivity contribution is -0.131. The summed E-state index contributed by atoms with van der Waals surface area (Å²) in [5.41, 5.74) is 3.32. The molecule has 0 bridgehead atoms. The number of imidazole rings is 1. The molecule has 0 aliphatic carbocycles. The normalized spacial score (nSPS) is 16.4. The summed E-state index contributed by atoms with van der Waals surface area (Å²) in [6.45, 7) is 3.65. The van der Waals surface area contributed by atoms with Crippen LogP contribution in [-0.4, -0.2) is 48.7 Å². The predicted octanol–water partition coefficient (Wildman–Crippen LogP) is 4.17. The number of hydrogen-bond donors (Lipinski definition) is 1. The molecule has 3 heterocycles. The zero-order chi connectivity index (χ0) is 20.5. The van der Waals surface area contributed by atoms with E-state index in [-0.39, 0.29) is 11.2 Å². The Kier molecular flexibility index (Phi) is 5.21. The third kappa shape index (κ3) is 3.69. The SMILES string of the molecule is C[C@H](Sc1n[nH]c2nc3ccccc3n12)C(=O)N1CCC(Cc2ccccc2)CC1. The summed E-state index contributed by atoms with van der Waals surface area (Å²) in [4.78, 5) is 19.6. The molecular formula is C23H25N5OS. The van der Waals surface area contributed by atoms with Crippen LogP contribution in [0, 0.1) is 5.92 Å². The number of rotatable bonds is 5. The molecule has 1 saturated heterocycles. The van der Waals surface area contributed by atoms with E-state index >= 15 is 0 Å². The number of amides is 1. The first-order valence-electron chi connectivity index (χ1n) is 10.5. The Labute approximate surface area is 179 Å². The lowest BCUT2D eigenvalue weighted by Crippen LogP contribution is -2.42. The van der Waals surface area contributed by atoms with E-state index < -0.39 is 0 Å². The summed E-state index contributed by atoms with van der Waals surface area (Å²) >= 11 is 1.49. The summed E-state index contributed by atoms with van der Waals surface area (Å²) in [5.74, 6) is 1.56. The average molecular weight is 420 g/mol. The van der Waals surface area contributed by atoms with Crippen molar-refractivity contribution in [3.63, 3.8) is 0 Å². The fourth-order valence-corrected chi connectivity index (χ4v) is 5.25. The van der Waals surface area contributed by atoms with Crippen molar-refractivity contribution >= 4 is 34.5 Å². The van der Waals surface area contributed by atoms with Crippen molar-refractivity contribution in [2.24, 2.45) is 5.92 Å². The highest BCUT2D eigenvalue weighted by Crippen LogP contribution is 2.28. The van der Waals surface area contributed by atoms with Crippen molar-refractivity contribution in [2.45, 2.75) is 36.6 Å². The molecule has 2 aromatic heterocycles. The molecule has 1 N–H and O–H groups in total. The van der Waals surface area contributed by atoms with Gasteiger partial charge >= 0.3 is 0 Å². The van der Waals surface area contributed by atoms with E-state index in [1.807, 2.05) is 40.5 Å². The molecule has 4 aromatic rings. The van der Waals surface area contributed by atoms with Gasteiger partial charge in [-0.2, -0.15) is 0 Å². The van der Waals surface area contributed by atoms with Crippen molar-refractivity contribution in [2.75, 3.05) is 13.1 Å². The molecule has 7 heteroatoms. The van der Waals surface area contributed by atoms with Gasteiger partial charge in [0.2, 0.25) is 11.7 Å². The van der Waals surface area contributed by atoms with Crippen LogP contribution in [0.2, 0.25) is 0 Å². The summed E-state index contributed by atoms with van der Waals surface area (Å²) in [7, 11) is 0. The fraction of sp³-hybridized carbons (Fsp3) is 0.348. The molecule has 1 atom stereocenters. The molecule has 0 saturated carbocycles. The number of para-hydroxylation sites is 2. The maximum Gasteiger partial charge on any atom is 0.235 e. The van der Waals surface area contributed by atoms with E-state index in [0.29, 0.717) is 11.7 Å². The van der Waals surface area contributed by atoms with Crippen molar-refractivity contribution in [3.8, 4) is 0 Å². The third-order valence-corrected chi connectivity index (χ3v) is 6.97. The largest absolute Gasteiger partial charge is 0.342 e. The van der Waals surface area contributed by atoms with Gasteiger partial charge in [-0.25, -0.2) is 10.1 Å². The Morgan fingerprint density at radius 3 is 2.67 bits per heavy atom. The molecule has 1 aliphatic heterocycles. The summed E-state index contributed by atoms with van der Waals surface area (Å²) in [6.07, 6.45) is 3.24. The van der Waals surface area contributed by atoms with E-state index in [1.54, 1.807) is 0 Å². The molecule has 2 aromatic carbocycles. The van der Waals surface area contributed by atoms with Crippen LogP contribution in [0.25, 0.3) is 16.8 Å². The number of thioether (sulfide) groups is 1. The molecule has 6 nitrogen and oxygen atoms in total. The number of fused-ring (bicyclic) bond motifs is 3. The molecule has 154 valence electrons. The quantitative estimate of drug-likeness (QED) is 0.493. The number of carbonyl (C=O) groups excluding carboxylic acids is 1. The maximum atomic E-state index is 13.1. The molecule has 5 rings (SSSR count). The second-order valence-corrected chi connectivity index (χ2v) is 9.29. The van der Waals surface area contributed by atoms with Crippen LogP contribution in [0.4, 0.5) is 0 Å². The summed E-state index contributed by atoms with van der Waals surface area (Å²) in [5, 5.41) is 7.97. The maximum absolute atomic E-state index is 13.1. The third-order valence-electron chi connectivity index (χ3n) is 5.93. The Balaban J connectivity index is 1.22. The number of carbonyl (C=O) groups is 1. The van der Waals surface area contributed by atoms with Gasteiger partial charge < -0.3 is 4.90 Å². The van der Waals surface area contributed by atoms with Gasteiger partial charge in [-0.3, -0.25) is 9.20 Å². The highest BCUT2D eigenvalue weighted by atomic mass is 32.2. The number of aromatic amines is 1. The highest BCUT2D eigenvalue weighted by molar-refractivity contribution is 8.00. The van der Waals surface area contributed by atoms with Crippen molar-refractivity contribution in [1.82, 2.24) is 24.5 Å². The van der Waals surface area contributed by atoms with E-state index in [1.165, 1.54) is 17.3 Å². The Bertz CT molecular complexity index is 1160. The molecule has 0 spiro atoms. The van der Waals surface area contributed by atoms with Gasteiger partial charge in [-0.1, -0.05) is 54.2 Å². The molecule has 30 heavy (non-hydrogen) atoms. The summed E-state index contributed by atoms with van der Waals surface area (Å²) in [6, 6.07) is 18.6. The number of H-pyrrole nitrogens is 1. The number of aromatic nitrogens is 4. The second-order valence-electron chi connectivity index (χ2n) is 7.98. The van der Waals surface area contributed by atoms with E-state index in [4.69, 9.17) is 0 Å². The van der Waals surface area contributed by atoms with Gasteiger partial charge in [-0.05, 0) is 49.8 Å². The van der Waals surface area contributed by atoms with Crippen LogP contribution in [0.15, 0.2) is 59.8 Å². The van der Waals surface area contributed by atoms with Crippen LogP contribution in [-0.2, 0) is 11.2 Å². The standard InChI is InChI=1S/C23H25N5OS/c1-16(30-23-26-25-22-24-19-9-5-6-10-20(19)28(22)23)21(29)27-13-11-18(12-14-27)15-17-7-3-2-4-8-17/h2-10,16,18H,11-15H2,1H3,(H,24,25)/t16-/m0/s1. The minimum Gasteiger partial charge on any atom is -0.342 e. The Morgan fingerprint density at radius 1 is 1.13 bits per heavy atom. The zero-order valence-electron chi connectivity index (χ0n) is 17.0. The number of likely N-dealkylation sites (tertiary alicyclic amines) is 1. The topological polar surface area (TPSA) is 66.3 Å². The van der Waals surface area contributed by atoms with Crippen LogP contribution in [0.5, 0.6) is 0 Å². The van der Waals surface area contributed by atoms with Crippen molar-refractivity contribution in [1.29, 1.82) is 0 Å². The molecule has 1 amide bonds. The monoisotopic (exact) mass is 419 g/mol.